The number of rotatable bonds is 5. The Morgan fingerprint density at radius 2 is 2.06 bits per heavy atom. The normalized spacial score (nSPS) is 23.4. The minimum Gasteiger partial charge on any atom is -0.375 e. The molecule has 0 aromatic heterocycles. The second kappa shape index (κ2) is 6.36. The molecule has 0 aromatic rings. The van der Waals surface area contributed by atoms with Gasteiger partial charge in [-0.2, -0.15) is 0 Å². The zero-order valence-electron chi connectivity index (χ0n) is 11.6. The molecule has 1 fully saturated rings. The number of nitrogens with one attached hydrogen (secondary N) is 1. The third-order valence-corrected chi connectivity index (χ3v) is 3.36. The standard InChI is InChI=1S/C13H26N2O2/c1-5-15(6-2)12(16)10-14-11-7-8-17-13(3,4)9-11/h11,14H,5-10H2,1-4H3. The molecule has 0 spiro atoms. The summed E-state index contributed by atoms with van der Waals surface area (Å²) in [5, 5.41) is 3.35. The van der Waals surface area contributed by atoms with Gasteiger partial charge in [0.1, 0.15) is 0 Å². The molecule has 100 valence electrons. The number of likely N-dealkylation sites (N-methyl/N-ethyl adjacent to an activating group) is 1. The average molecular weight is 242 g/mol. The third kappa shape index (κ3) is 4.64. The Labute approximate surface area is 105 Å². The second-order valence-electron chi connectivity index (χ2n) is 5.24. The zero-order chi connectivity index (χ0) is 12.9. The Morgan fingerprint density at radius 3 is 2.59 bits per heavy atom. The summed E-state index contributed by atoms with van der Waals surface area (Å²) >= 11 is 0. The van der Waals surface area contributed by atoms with Gasteiger partial charge in [-0.15, -0.1) is 0 Å². The first-order chi connectivity index (χ1) is 7.98. The Bertz CT molecular complexity index is 250. The summed E-state index contributed by atoms with van der Waals surface area (Å²) in [5.41, 5.74) is -0.0613. The Hall–Kier alpha value is -0.610. The van der Waals surface area contributed by atoms with E-state index in [1.807, 2.05) is 18.7 Å². The number of amides is 1. The predicted molar refractivity (Wildman–Crippen MR) is 69.0 cm³/mol. The van der Waals surface area contributed by atoms with Crippen molar-refractivity contribution < 1.29 is 9.53 Å². The van der Waals surface area contributed by atoms with E-state index in [0.29, 0.717) is 12.6 Å². The summed E-state index contributed by atoms with van der Waals surface area (Å²) in [5.74, 6) is 0.194. The summed E-state index contributed by atoms with van der Waals surface area (Å²) in [6, 6.07) is 0.401. The minimum absolute atomic E-state index is 0.0613. The van der Waals surface area contributed by atoms with Crippen LogP contribution in [0.25, 0.3) is 0 Å². The van der Waals surface area contributed by atoms with Crippen molar-refractivity contribution in [3.05, 3.63) is 0 Å². The zero-order valence-corrected chi connectivity index (χ0v) is 11.6. The highest BCUT2D eigenvalue weighted by molar-refractivity contribution is 5.78. The summed E-state index contributed by atoms with van der Waals surface area (Å²) in [6.07, 6.45) is 1.97. The van der Waals surface area contributed by atoms with Crippen molar-refractivity contribution in [3.63, 3.8) is 0 Å². The van der Waals surface area contributed by atoms with E-state index in [2.05, 4.69) is 19.2 Å². The molecule has 1 aliphatic rings. The van der Waals surface area contributed by atoms with Gasteiger partial charge >= 0.3 is 0 Å². The molecule has 4 heteroatoms. The predicted octanol–water partition coefficient (Wildman–Crippen LogP) is 1.40. The van der Waals surface area contributed by atoms with Crippen molar-refractivity contribution in [2.24, 2.45) is 0 Å². The van der Waals surface area contributed by atoms with E-state index in [4.69, 9.17) is 4.74 Å². The van der Waals surface area contributed by atoms with Crippen LogP contribution in [0.15, 0.2) is 0 Å². The summed E-state index contributed by atoms with van der Waals surface area (Å²) in [4.78, 5) is 13.7. The third-order valence-electron chi connectivity index (χ3n) is 3.36. The molecule has 1 rings (SSSR count). The molecule has 1 saturated heterocycles. The lowest BCUT2D eigenvalue weighted by atomic mass is 9.94. The fourth-order valence-corrected chi connectivity index (χ4v) is 2.33. The molecule has 1 unspecified atom stereocenters. The van der Waals surface area contributed by atoms with Crippen molar-refractivity contribution in [1.82, 2.24) is 10.2 Å². The van der Waals surface area contributed by atoms with Gasteiger partial charge in [-0.25, -0.2) is 0 Å². The lowest BCUT2D eigenvalue weighted by molar-refractivity contribution is -0.130. The number of nitrogens with zero attached hydrogens (tertiary/aromatic N) is 1. The Morgan fingerprint density at radius 1 is 1.41 bits per heavy atom. The van der Waals surface area contributed by atoms with E-state index < -0.39 is 0 Å². The summed E-state index contributed by atoms with van der Waals surface area (Å²) < 4.78 is 5.66. The van der Waals surface area contributed by atoms with Crippen LogP contribution in [0.5, 0.6) is 0 Å². The summed E-state index contributed by atoms with van der Waals surface area (Å²) in [7, 11) is 0. The molecule has 1 heterocycles. The van der Waals surface area contributed by atoms with Gasteiger partial charge in [-0.3, -0.25) is 4.79 Å². The van der Waals surface area contributed by atoms with Gasteiger partial charge < -0.3 is 15.0 Å². The minimum atomic E-state index is -0.0613. The van der Waals surface area contributed by atoms with E-state index in [9.17, 15) is 4.79 Å². The molecule has 0 aromatic carbocycles. The molecule has 1 amide bonds. The lowest BCUT2D eigenvalue weighted by Gasteiger charge is -2.36. The molecular formula is C13H26N2O2. The van der Waals surface area contributed by atoms with Crippen LogP contribution in [0.1, 0.15) is 40.5 Å². The summed E-state index contributed by atoms with van der Waals surface area (Å²) in [6.45, 7) is 11.0. The fourth-order valence-electron chi connectivity index (χ4n) is 2.33. The molecular weight excluding hydrogens is 216 g/mol. The van der Waals surface area contributed by atoms with Gasteiger partial charge in [0.25, 0.3) is 0 Å². The number of ether oxygens (including phenoxy) is 1. The maximum absolute atomic E-state index is 11.8. The molecule has 17 heavy (non-hydrogen) atoms. The van der Waals surface area contributed by atoms with Gasteiger partial charge in [-0.05, 0) is 40.5 Å². The number of hydrogen-bond donors (Lipinski definition) is 1. The molecule has 1 N–H and O–H groups in total. The highest BCUT2D eigenvalue weighted by Crippen LogP contribution is 2.23. The molecule has 0 bridgehead atoms. The van der Waals surface area contributed by atoms with Crippen LogP contribution >= 0.6 is 0 Å². The smallest absolute Gasteiger partial charge is 0.236 e. The van der Waals surface area contributed by atoms with Crippen LogP contribution in [-0.2, 0) is 9.53 Å². The monoisotopic (exact) mass is 242 g/mol. The first-order valence-electron chi connectivity index (χ1n) is 6.63. The SMILES string of the molecule is CCN(CC)C(=O)CNC1CCOC(C)(C)C1. The van der Waals surface area contributed by atoms with Crippen LogP contribution in [0.4, 0.5) is 0 Å². The van der Waals surface area contributed by atoms with E-state index >= 15 is 0 Å². The van der Waals surface area contributed by atoms with Gasteiger partial charge in [0.05, 0.1) is 12.1 Å². The molecule has 1 aliphatic heterocycles. The maximum Gasteiger partial charge on any atom is 0.236 e. The van der Waals surface area contributed by atoms with Gasteiger partial charge in [0.15, 0.2) is 0 Å². The van der Waals surface area contributed by atoms with Gasteiger partial charge in [0, 0.05) is 25.7 Å². The van der Waals surface area contributed by atoms with E-state index in [1.54, 1.807) is 0 Å². The van der Waals surface area contributed by atoms with Crippen LogP contribution in [0.3, 0.4) is 0 Å². The number of carbonyl (C=O) groups is 1. The Balaban J connectivity index is 2.33. The van der Waals surface area contributed by atoms with Crippen molar-refractivity contribution in [1.29, 1.82) is 0 Å². The molecule has 0 aliphatic carbocycles. The largest absolute Gasteiger partial charge is 0.375 e. The van der Waals surface area contributed by atoms with Gasteiger partial charge in [-0.1, -0.05) is 0 Å². The molecule has 0 radical (unpaired) electrons. The maximum atomic E-state index is 11.8. The van der Waals surface area contributed by atoms with Crippen molar-refractivity contribution in [2.75, 3.05) is 26.2 Å². The second-order valence-corrected chi connectivity index (χ2v) is 5.24. The fraction of sp³-hybridized carbons (Fsp3) is 0.923. The first-order valence-corrected chi connectivity index (χ1v) is 6.63. The molecule has 0 saturated carbocycles. The highest BCUT2D eigenvalue weighted by atomic mass is 16.5. The van der Waals surface area contributed by atoms with Crippen molar-refractivity contribution >= 4 is 5.91 Å². The van der Waals surface area contributed by atoms with E-state index in [1.165, 1.54) is 0 Å². The number of carbonyl (C=O) groups excluding carboxylic acids is 1. The van der Waals surface area contributed by atoms with E-state index in [-0.39, 0.29) is 11.5 Å². The van der Waals surface area contributed by atoms with Crippen molar-refractivity contribution in [3.8, 4) is 0 Å². The lowest BCUT2D eigenvalue weighted by Crippen LogP contribution is -2.47. The average Bonchev–Trinajstić information content (AvgIpc) is 2.27. The Kier molecular flexibility index (Phi) is 5.40. The molecule has 4 nitrogen and oxygen atoms in total. The van der Waals surface area contributed by atoms with Crippen LogP contribution in [0, 0.1) is 0 Å². The van der Waals surface area contributed by atoms with Crippen LogP contribution < -0.4 is 5.32 Å². The van der Waals surface area contributed by atoms with Gasteiger partial charge in [0.2, 0.25) is 5.91 Å². The first kappa shape index (κ1) is 14.5. The highest BCUT2D eigenvalue weighted by Gasteiger charge is 2.28. The van der Waals surface area contributed by atoms with Crippen LogP contribution in [0.2, 0.25) is 0 Å². The topological polar surface area (TPSA) is 41.6 Å². The van der Waals surface area contributed by atoms with E-state index in [0.717, 1.165) is 32.5 Å². The quantitative estimate of drug-likeness (QED) is 0.792. The molecule has 1 atom stereocenters. The number of hydrogen-bond acceptors (Lipinski definition) is 3. The van der Waals surface area contributed by atoms with Crippen LogP contribution in [-0.4, -0.2) is 48.7 Å². The van der Waals surface area contributed by atoms with Crippen molar-refractivity contribution in [2.45, 2.75) is 52.2 Å².